The SMILES string of the molecule is COCC(CO)Nc1nc(C(=O)O)nc2ccccc12. The third-order valence-electron chi connectivity index (χ3n) is 2.72. The predicted octanol–water partition coefficient (Wildman–Crippen LogP) is 0.747. The van der Waals surface area contributed by atoms with Crippen LogP contribution in [0.5, 0.6) is 0 Å². The van der Waals surface area contributed by atoms with E-state index in [9.17, 15) is 9.90 Å². The summed E-state index contributed by atoms with van der Waals surface area (Å²) < 4.78 is 4.97. The van der Waals surface area contributed by atoms with Gasteiger partial charge >= 0.3 is 5.97 Å². The fourth-order valence-electron chi connectivity index (χ4n) is 1.82. The molecule has 1 aromatic carbocycles. The molecule has 0 radical (unpaired) electrons. The molecule has 0 saturated heterocycles. The maximum absolute atomic E-state index is 11.1. The van der Waals surface area contributed by atoms with Gasteiger partial charge in [0.1, 0.15) is 5.82 Å². The molecule has 0 amide bonds. The first-order valence-electron chi connectivity index (χ1n) is 6.02. The molecule has 1 heterocycles. The van der Waals surface area contributed by atoms with Crippen LogP contribution in [-0.4, -0.2) is 52.5 Å². The Bertz CT molecular complexity index is 618. The number of hydrogen-bond donors (Lipinski definition) is 3. The fraction of sp³-hybridized carbons (Fsp3) is 0.308. The van der Waals surface area contributed by atoms with Crippen LogP contribution in [0.3, 0.4) is 0 Å². The number of aliphatic hydroxyl groups is 1. The Labute approximate surface area is 115 Å². The Morgan fingerprint density at radius 3 is 2.80 bits per heavy atom. The van der Waals surface area contributed by atoms with E-state index in [0.717, 1.165) is 0 Å². The van der Waals surface area contributed by atoms with E-state index in [1.54, 1.807) is 18.2 Å². The summed E-state index contributed by atoms with van der Waals surface area (Å²) in [4.78, 5) is 19.0. The number of carboxylic acids is 1. The van der Waals surface area contributed by atoms with Crippen LogP contribution in [0.15, 0.2) is 24.3 Å². The number of nitrogens with zero attached hydrogens (tertiary/aromatic N) is 2. The van der Waals surface area contributed by atoms with E-state index in [4.69, 9.17) is 9.84 Å². The van der Waals surface area contributed by atoms with E-state index in [0.29, 0.717) is 16.7 Å². The van der Waals surface area contributed by atoms with Crippen molar-refractivity contribution in [1.29, 1.82) is 0 Å². The van der Waals surface area contributed by atoms with Crippen LogP contribution >= 0.6 is 0 Å². The minimum atomic E-state index is -1.20. The molecule has 0 fully saturated rings. The summed E-state index contributed by atoms with van der Waals surface area (Å²) in [6.07, 6.45) is 0. The molecule has 106 valence electrons. The molecule has 3 N–H and O–H groups in total. The van der Waals surface area contributed by atoms with E-state index in [1.807, 2.05) is 6.07 Å². The molecular formula is C13H15N3O4. The number of para-hydroxylation sites is 1. The van der Waals surface area contributed by atoms with Crippen LogP contribution in [0.1, 0.15) is 10.6 Å². The van der Waals surface area contributed by atoms with Crippen LogP contribution in [0.4, 0.5) is 5.82 Å². The van der Waals surface area contributed by atoms with E-state index in [2.05, 4.69) is 15.3 Å². The van der Waals surface area contributed by atoms with Gasteiger partial charge in [-0.3, -0.25) is 0 Å². The van der Waals surface area contributed by atoms with Crippen molar-refractivity contribution in [3.8, 4) is 0 Å². The monoisotopic (exact) mass is 277 g/mol. The maximum atomic E-state index is 11.1. The summed E-state index contributed by atoms with van der Waals surface area (Å²) in [5.41, 5.74) is 0.525. The van der Waals surface area contributed by atoms with Gasteiger partial charge in [-0.15, -0.1) is 0 Å². The standard InChI is InChI=1S/C13H15N3O4/c1-20-7-8(6-17)14-11-9-4-2-3-5-10(9)15-12(16-11)13(18)19/h2-5,8,17H,6-7H2,1H3,(H,18,19)(H,14,15,16). The zero-order valence-corrected chi connectivity index (χ0v) is 10.9. The number of benzene rings is 1. The van der Waals surface area contributed by atoms with E-state index >= 15 is 0 Å². The topological polar surface area (TPSA) is 105 Å². The summed E-state index contributed by atoms with van der Waals surface area (Å²) in [6.45, 7) is 0.117. The van der Waals surface area contributed by atoms with Crippen molar-refractivity contribution in [1.82, 2.24) is 9.97 Å². The maximum Gasteiger partial charge on any atom is 0.374 e. The number of carbonyl (C=O) groups is 1. The lowest BCUT2D eigenvalue weighted by Gasteiger charge is -2.17. The molecule has 1 atom stereocenters. The van der Waals surface area contributed by atoms with Crippen molar-refractivity contribution in [2.75, 3.05) is 25.6 Å². The number of fused-ring (bicyclic) bond motifs is 1. The molecule has 0 aliphatic heterocycles. The Balaban J connectivity index is 2.46. The molecule has 0 saturated carbocycles. The fourth-order valence-corrected chi connectivity index (χ4v) is 1.82. The molecular weight excluding hydrogens is 262 g/mol. The smallest absolute Gasteiger partial charge is 0.374 e. The third-order valence-corrected chi connectivity index (χ3v) is 2.72. The van der Waals surface area contributed by atoms with E-state index < -0.39 is 5.97 Å². The van der Waals surface area contributed by atoms with Crippen LogP contribution in [0.2, 0.25) is 0 Å². The second-order valence-electron chi connectivity index (χ2n) is 4.20. The molecule has 1 aromatic heterocycles. The first-order chi connectivity index (χ1) is 9.65. The second kappa shape index (κ2) is 6.27. The summed E-state index contributed by atoms with van der Waals surface area (Å²) in [5, 5.41) is 22.0. The highest BCUT2D eigenvalue weighted by Crippen LogP contribution is 2.20. The Hall–Kier alpha value is -2.25. The molecule has 7 nitrogen and oxygen atoms in total. The average Bonchev–Trinajstić information content (AvgIpc) is 2.46. The van der Waals surface area contributed by atoms with Gasteiger partial charge < -0.3 is 20.3 Å². The molecule has 2 rings (SSSR count). The molecule has 1 unspecified atom stereocenters. The lowest BCUT2D eigenvalue weighted by molar-refractivity contribution is 0.0684. The van der Waals surface area contributed by atoms with Gasteiger partial charge in [-0.05, 0) is 12.1 Å². The number of aromatic carboxylic acids is 1. The molecule has 0 bridgehead atoms. The van der Waals surface area contributed by atoms with Gasteiger partial charge in [0, 0.05) is 12.5 Å². The van der Waals surface area contributed by atoms with Crippen molar-refractivity contribution in [3.05, 3.63) is 30.1 Å². The molecule has 0 spiro atoms. The van der Waals surface area contributed by atoms with Crippen molar-refractivity contribution in [3.63, 3.8) is 0 Å². The predicted molar refractivity (Wildman–Crippen MR) is 72.9 cm³/mol. The van der Waals surface area contributed by atoms with Crippen LogP contribution in [0.25, 0.3) is 10.9 Å². The second-order valence-corrected chi connectivity index (χ2v) is 4.20. The summed E-state index contributed by atoms with van der Waals surface area (Å²) >= 11 is 0. The average molecular weight is 277 g/mol. The lowest BCUT2D eigenvalue weighted by atomic mass is 10.2. The first-order valence-corrected chi connectivity index (χ1v) is 6.02. The number of ether oxygens (including phenoxy) is 1. The Morgan fingerprint density at radius 2 is 2.15 bits per heavy atom. The van der Waals surface area contributed by atoms with E-state index in [-0.39, 0.29) is 25.1 Å². The van der Waals surface area contributed by atoms with Gasteiger partial charge in [0.25, 0.3) is 0 Å². The van der Waals surface area contributed by atoms with Gasteiger partial charge in [0.2, 0.25) is 5.82 Å². The highest BCUT2D eigenvalue weighted by molar-refractivity contribution is 5.93. The quantitative estimate of drug-likeness (QED) is 0.715. The zero-order chi connectivity index (χ0) is 14.5. The third kappa shape index (κ3) is 3.01. The summed E-state index contributed by atoms with van der Waals surface area (Å²) in [6, 6.07) is 6.69. The minimum Gasteiger partial charge on any atom is -0.475 e. The molecule has 2 aromatic rings. The van der Waals surface area contributed by atoms with E-state index in [1.165, 1.54) is 7.11 Å². The van der Waals surface area contributed by atoms with Gasteiger partial charge in [0.15, 0.2) is 0 Å². The van der Waals surface area contributed by atoms with Gasteiger partial charge in [-0.25, -0.2) is 14.8 Å². The minimum absolute atomic E-state index is 0.158. The molecule has 7 heteroatoms. The Morgan fingerprint density at radius 1 is 1.40 bits per heavy atom. The number of aliphatic hydroxyl groups excluding tert-OH is 1. The normalized spacial score (nSPS) is 12.3. The number of methoxy groups -OCH3 is 1. The summed E-state index contributed by atoms with van der Waals surface area (Å²) in [5.74, 6) is -1.13. The number of hydrogen-bond acceptors (Lipinski definition) is 6. The van der Waals surface area contributed by atoms with Gasteiger partial charge in [-0.1, -0.05) is 12.1 Å². The molecule has 20 heavy (non-hydrogen) atoms. The van der Waals surface area contributed by atoms with Crippen LogP contribution in [0, 0.1) is 0 Å². The number of nitrogens with one attached hydrogen (secondary N) is 1. The zero-order valence-electron chi connectivity index (χ0n) is 10.9. The van der Waals surface area contributed by atoms with Crippen LogP contribution < -0.4 is 5.32 Å². The van der Waals surface area contributed by atoms with Crippen molar-refractivity contribution < 1.29 is 19.7 Å². The summed E-state index contributed by atoms with van der Waals surface area (Å²) in [7, 11) is 1.52. The van der Waals surface area contributed by atoms with Crippen molar-refractivity contribution in [2.24, 2.45) is 0 Å². The number of carboxylic acid groups (broad SMARTS) is 1. The molecule has 0 aliphatic rings. The largest absolute Gasteiger partial charge is 0.475 e. The highest BCUT2D eigenvalue weighted by Gasteiger charge is 2.15. The number of rotatable bonds is 6. The Kier molecular flexibility index (Phi) is 4.44. The number of aromatic nitrogens is 2. The van der Waals surface area contributed by atoms with Crippen molar-refractivity contribution >= 4 is 22.7 Å². The highest BCUT2D eigenvalue weighted by atomic mass is 16.5. The molecule has 0 aliphatic carbocycles. The van der Waals surface area contributed by atoms with Gasteiger partial charge in [-0.2, -0.15) is 0 Å². The van der Waals surface area contributed by atoms with Crippen LogP contribution in [-0.2, 0) is 4.74 Å². The lowest BCUT2D eigenvalue weighted by Crippen LogP contribution is -2.29. The van der Waals surface area contributed by atoms with Crippen molar-refractivity contribution in [2.45, 2.75) is 6.04 Å². The van der Waals surface area contributed by atoms with Gasteiger partial charge in [0.05, 0.1) is 24.8 Å². The number of anilines is 1. The first kappa shape index (κ1) is 14.2.